The predicted molar refractivity (Wildman–Crippen MR) is 123 cm³/mol. The van der Waals surface area contributed by atoms with Gasteiger partial charge in [-0.1, -0.05) is 18.2 Å². The topological polar surface area (TPSA) is 86.4 Å². The number of benzene rings is 1. The van der Waals surface area contributed by atoms with Crippen molar-refractivity contribution in [3.63, 3.8) is 0 Å². The van der Waals surface area contributed by atoms with Gasteiger partial charge in [-0.2, -0.15) is 4.31 Å². The van der Waals surface area contributed by atoms with Gasteiger partial charge < -0.3 is 9.88 Å². The van der Waals surface area contributed by atoms with E-state index < -0.39 is 10.0 Å². The first kappa shape index (κ1) is 19.9. The van der Waals surface area contributed by atoms with Crippen LogP contribution in [0.5, 0.6) is 0 Å². The van der Waals surface area contributed by atoms with Crippen LogP contribution >= 0.6 is 11.3 Å². The van der Waals surface area contributed by atoms with Crippen LogP contribution in [0.4, 0.5) is 0 Å². The number of sulfonamides is 1. The number of nitrogens with zero attached hydrogens (tertiary/aromatic N) is 3. The van der Waals surface area contributed by atoms with Crippen LogP contribution in [0, 0.1) is 0 Å². The molecule has 4 heterocycles. The summed E-state index contributed by atoms with van der Waals surface area (Å²) in [6.45, 7) is 0.884. The summed E-state index contributed by atoms with van der Waals surface area (Å²) >= 11 is 1.54. The maximum absolute atomic E-state index is 12.8. The molecule has 0 saturated carbocycles. The molecular formula is C22H20N4O3S2. The van der Waals surface area contributed by atoms with E-state index in [-0.39, 0.29) is 19.0 Å². The summed E-state index contributed by atoms with van der Waals surface area (Å²) in [4.78, 5) is 22.6. The van der Waals surface area contributed by atoms with Crippen molar-refractivity contribution in [3.05, 3.63) is 70.8 Å². The number of thiophene rings is 1. The summed E-state index contributed by atoms with van der Waals surface area (Å²) in [5, 5.41) is 3.27. The Bertz CT molecular complexity index is 1340. The zero-order valence-electron chi connectivity index (χ0n) is 16.6. The number of hydrogen-bond donors (Lipinski definition) is 1. The molecule has 0 bridgehead atoms. The van der Waals surface area contributed by atoms with Crippen molar-refractivity contribution in [2.75, 3.05) is 19.6 Å². The van der Waals surface area contributed by atoms with Crippen LogP contribution in [0.1, 0.15) is 10.6 Å². The van der Waals surface area contributed by atoms with Crippen LogP contribution in [-0.2, 0) is 21.4 Å². The number of aromatic nitrogens is 2. The fourth-order valence-electron chi connectivity index (χ4n) is 3.72. The molecule has 3 aromatic heterocycles. The van der Waals surface area contributed by atoms with Crippen LogP contribution < -0.4 is 0 Å². The number of rotatable bonds is 5. The molecule has 1 aliphatic rings. The van der Waals surface area contributed by atoms with Crippen molar-refractivity contribution in [2.45, 2.75) is 6.54 Å². The molecule has 0 spiro atoms. The molecule has 0 aliphatic carbocycles. The second-order valence-electron chi connectivity index (χ2n) is 7.44. The van der Waals surface area contributed by atoms with E-state index in [1.807, 2.05) is 42.5 Å². The Morgan fingerprint density at radius 3 is 2.81 bits per heavy atom. The SMILES string of the molecule is O=C1CN(S(=O)(=O)/C=C/c2cc3ccccc3s2)CCN1Cc1cc2cnccc2[nH]1. The van der Waals surface area contributed by atoms with Gasteiger partial charge in [0.25, 0.3) is 0 Å². The molecule has 7 nitrogen and oxygen atoms in total. The number of H-pyrrole nitrogens is 1. The zero-order valence-corrected chi connectivity index (χ0v) is 18.2. The highest BCUT2D eigenvalue weighted by molar-refractivity contribution is 7.92. The molecule has 1 amide bonds. The van der Waals surface area contributed by atoms with Gasteiger partial charge in [0.2, 0.25) is 15.9 Å². The van der Waals surface area contributed by atoms with E-state index in [4.69, 9.17) is 0 Å². The fraction of sp³-hybridized carbons (Fsp3) is 0.182. The number of carbonyl (C=O) groups excluding carboxylic acids is 1. The molecule has 4 aromatic rings. The van der Waals surface area contributed by atoms with Crippen molar-refractivity contribution in [2.24, 2.45) is 0 Å². The van der Waals surface area contributed by atoms with Gasteiger partial charge in [-0.25, -0.2) is 8.42 Å². The van der Waals surface area contributed by atoms with Crippen molar-refractivity contribution < 1.29 is 13.2 Å². The molecule has 0 unspecified atom stereocenters. The van der Waals surface area contributed by atoms with Crippen molar-refractivity contribution in [3.8, 4) is 0 Å². The largest absolute Gasteiger partial charge is 0.357 e. The quantitative estimate of drug-likeness (QED) is 0.503. The fourth-order valence-corrected chi connectivity index (χ4v) is 5.89. The first-order valence-electron chi connectivity index (χ1n) is 9.84. The Kier molecular flexibility index (Phi) is 5.09. The summed E-state index contributed by atoms with van der Waals surface area (Å²) in [5.74, 6) is -0.207. The number of carbonyl (C=O) groups is 1. The monoisotopic (exact) mass is 452 g/mol. The van der Waals surface area contributed by atoms with E-state index >= 15 is 0 Å². The number of pyridine rings is 1. The molecule has 9 heteroatoms. The molecular weight excluding hydrogens is 432 g/mol. The number of hydrogen-bond acceptors (Lipinski definition) is 5. The first-order valence-corrected chi connectivity index (χ1v) is 12.2. The van der Waals surface area contributed by atoms with Gasteiger partial charge >= 0.3 is 0 Å². The average molecular weight is 453 g/mol. The normalized spacial score (nSPS) is 16.1. The highest BCUT2D eigenvalue weighted by Crippen LogP contribution is 2.26. The molecule has 0 radical (unpaired) electrons. The van der Waals surface area contributed by atoms with Crippen molar-refractivity contribution in [1.82, 2.24) is 19.2 Å². The number of piperazine rings is 1. The summed E-state index contributed by atoms with van der Waals surface area (Å²) < 4.78 is 27.9. The minimum atomic E-state index is -3.67. The lowest BCUT2D eigenvalue weighted by Crippen LogP contribution is -2.51. The molecule has 31 heavy (non-hydrogen) atoms. The molecule has 0 atom stereocenters. The number of amides is 1. The first-order chi connectivity index (χ1) is 15.0. The van der Waals surface area contributed by atoms with Gasteiger partial charge in [0, 0.05) is 57.1 Å². The predicted octanol–water partition coefficient (Wildman–Crippen LogP) is 3.42. The Balaban J connectivity index is 1.26. The summed E-state index contributed by atoms with van der Waals surface area (Å²) in [5.41, 5.74) is 1.86. The highest BCUT2D eigenvalue weighted by Gasteiger charge is 2.30. The third kappa shape index (κ3) is 4.12. The number of fused-ring (bicyclic) bond motifs is 2. The van der Waals surface area contributed by atoms with Gasteiger partial charge in [-0.15, -0.1) is 11.3 Å². The molecule has 1 aromatic carbocycles. The molecule has 1 fully saturated rings. The minimum absolute atomic E-state index is 0.152. The Morgan fingerprint density at radius 2 is 2.00 bits per heavy atom. The third-order valence-corrected chi connectivity index (χ3v) is 7.92. The minimum Gasteiger partial charge on any atom is -0.357 e. The van der Waals surface area contributed by atoms with E-state index in [9.17, 15) is 13.2 Å². The van der Waals surface area contributed by atoms with Gasteiger partial charge in [-0.3, -0.25) is 9.78 Å². The second-order valence-corrected chi connectivity index (χ2v) is 10.4. The molecule has 158 valence electrons. The molecule has 1 saturated heterocycles. The van der Waals surface area contributed by atoms with E-state index in [0.717, 1.165) is 31.6 Å². The highest BCUT2D eigenvalue weighted by atomic mass is 32.2. The number of nitrogens with one attached hydrogen (secondary N) is 1. The van der Waals surface area contributed by atoms with E-state index in [1.165, 1.54) is 21.1 Å². The smallest absolute Gasteiger partial charge is 0.238 e. The third-order valence-electron chi connectivity index (χ3n) is 5.33. The van der Waals surface area contributed by atoms with Crippen LogP contribution in [0.2, 0.25) is 0 Å². The standard InChI is InChI=1S/C22H20N4O3S2/c27-22-15-26(9-8-25(22)14-18-11-17-13-23-7-5-20(17)24-18)31(28,29)10-6-19-12-16-3-1-2-4-21(16)30-19/h1-7,10-13,24H,8-9,14-15H2/b10-6+. The van der Waals surface area contributed by atoms with Crippen molar-refractivity contribution in [1.29, 1.82) is 0 Å². The Morgan fingerprint density at radius 1 is 1.13 bits per heavy atom. The molecule has 5 rings (SSSR count). The second kappa shape index (κ2) is 7.92. The summed E-state index contributed by atoms with van der Waals surface area (Å²) in [6, 6.07) is 13.7. The maximum atomic E-state index is 12.8. The van der Waals surface area contributed by atoms with Crippen LogP contribution in [0.25, 0.3) is 27.1 Å². The summed E-state index contributed by atoms with van der Waals surface area (Å²) in [7, 11) is -3.67. The number of aromatic amines is 1. The lowest BCUT2D eigenvalue weighted by atomic mass is 10.2. The lowest BCUT2D eigenvalue weighted by molar-refractivity contribution is -0.134. The van der Waals surface area contributed by atoms with Gasteiger partial charge in [0.15, 0.2) is 0 Å². The van der Waals surface area contributed by atoms with Gasteiger partial charge in [-0.05, 0) is 35.7 Å². The Hall–Kier alpha value is -3.01. The van der Waals surface area contributed by atoms with Crippen molar-refractivity contribution >= 4 is 54.3 Å². The van der Waals surface area contributed by atoms with Crippen LogP contribution in [0.15, 0.2) is 60.3 Å². The molecule has 1 N–H and O–H groups in total. The average Bonchev–Trinajstić information content (AvgIpc) is 3.36. The van der Waals surface area contributed by atoms with E-state index in [2.05, 4.69) is 9.97 Å². The molecule has 1 aliphatic heterocycles. The zero-order chi connectivity index (χ0) is 21.4. The van der Waals surface area contributed by atoms with Gasteiger partial charge in [0.1, 0.15) is 0 Å². The lowest BCUT2D eigenvalue weighted by Gasteiger charge is -2.32. The van der Waals surface area contributed by atoms with E-state index in [0.29, 0.717) is 13.1 Å². The maximum Gasteiger partial charge on any atom is 0.238 e. The van der Waals surface area contributed by atoms with Crippen LogP contribution in [-0.4, -0.2) is 53.1 Å². The summed E-state index contributed by atoms with van der Waals surface area (Å²) in [6.07, 6.45) is 5.09. The van der Waals surface area contributed by atoms with Gasteiger partial charge in [0.05, 0.1) is 13.1 Å². The van der Waals surface area contributed by atoms with E-state index in [1.54, 1.807) is 23.4 Å². The Labute approximate surface area is 183 Å². The van der Waals surface area contributed by atoms with Crippen LogP contribution in [0.3, 0.4) is 0 Å².